The minimum absolute atomic E-state index is 0.605. The summed E-state index contributed by atoms with van der Waals surface area (Å²) in [5.41, 5.74) is 0. The monoisotopic (exact) mass is 152 g/mol. The highest BCUT2D eigenvalue weighted by atomic mass is 35.5. The van der Waals surface area contributed by atoms with E-state index in [1.54, 1.807) is 0 Å². The van der Waals surface area contributed by atoms with Crippen molar-refractivity contribution >= 4 is 17.6 Å². The minimum atomic E-state index is -0.949. The number of carbonyl (C=O) groups is 1. The van der Waals surface area contributed by atoms with Crippen LogP contribution in [-0.2, 0) is 9.53 Å². The Morgan fingerprint density at radius 1 is 1.78 bits per heavy atom. The maximum Gasteiger partial charge on any atom is 0.326 e. The van der Waals surface area contributed by atoms with Gasteiger partial charge >= 0.3 is 5.97 Å². The SMILES string of the molecule is COC(=O)[C@@H](Cl)[C@@H](C)O. The maximum absolute atomic E-state index is 10.4. The van der Waals surface area contributed by atoms with Crippen LogP contribution in [0.1, 0.15) is 6.92 Å². The van der Waals surface area contributed by atoms with Gasteiger partial charge in [-0.3, -0.25) is 4.79 Å². The molecular weight excluding hydrogens is 144 g/mol. The number of methoxy groups -OCH3 is 1. The van der Waals surface area contributed by atoms with Crippen molar-refractivity contribution in [3.8, 4) is 0 Å². The van der Waals surface area contributed by atoms with E-state index >= 15 is 0 Å². The predicted molar refractivity (Wildman–Crippen MR) is 33.3 cm³/mol. The van der Waals surface area contributed by atoms with E-state index in [9.17, 15) is 4.79 Å². The molecule has 0 unspecified atom stereocenters. The number of esters is 1. The molecule has 0 saturated carbocycles. The van der Waals surface area contributed by atoms with Crippen LogP contribution in [0.15, 0.2) is 0 Å². The van der Waals surface area contributed by atoms with Crippen LogP contribution in [0, 0.1) is 0 Å². The lowest BCUT2D eigenvalue weighted by Crippen LogP contribution is -2.27. The number of aliphatic hydroxyl groups excluding tert-OH is 1. The lowest BCUT2D eigenvalue weighted by Gasteiger charge is -2.08. The second kappa shape index (κ2) is 3.69. The Bertz CT molecular complexity index is 102. The van der Waals surface area contributed by atoms with Crippen LogP contribution >= 0.6 is 11.6 Å². The number of hydrogen-bond donors (Lipinski definition) is 1. The minimum Gasteiger partial charge on any atom is -0.468 e. The second-order valence-electron chi connectivity index (χ2n) is 1.67. The van der Waals surface area contributed by atoms with Gasteiger partial charge in [0.1, 0.15) is 0 Å². The average molecular weight is 153 g/mol. The van der Waals surface area contributed by atoms with Gasteiger partial charge in [-0.2, -0.15) is 0 Å². The normalized spacial score (nSPS) is 16.4. The number of aliphatic hydroxyl groups is 1. The number of ether oxygens (including phenoxy) is 1. The Morgan fingerprint density at radius 3 is 2.33 bits per heavy atom. The van der Waals surface area contributed by atoms with Gasteiger partial charge in [-0.05, 0) is 6.92 Å². The van der Waals surface area contributed by atoms with Crippen molar-refractivity contribution in [1.29, 1.82) is 0 Å². The molecule has 2 atom stereocenters. The van der Waals surface area contributed by atoms with Crippen LogP contribution in [0.25, 0.3) is 0 Å². The van der Waals surface area contributed by atoms with Crippen molar-refractivity contribution in [3.05, 3.63) is 0 Å². The highest BCUT2D eigenvalue weighted by Crippen LogP contribution is 2.03. The lowest BCUT2D eigenvalue weighted by atomic mass is 10.3. The average Bonchev–Trinajstić information content (AvgIpc) is 1.84. The molecule has 0 spiro atoms. The lowest BCUT2D eigenvalue weighted by molar-refractivity contribution is -0.142. The van der Waals surface area contributed by atoms with Gasteiger partial charge in [0, 0.05) is 0 Å². The molecular formula is C5H9ClO3. The fraction of sp³-hybridized carbons (Fsp3) is 0.800. The number of carbonyl (C=O) groups excluding carboxylic acids is 1. The second-order valence-corrected chi connectivity index (χ2v) is 2.14. The molecule has 0 aliphatic heterocycles. The van der Waals surface area contributed by atoms with E-state index < -0.39 is 17.5 Å². The topological polar surface area (TPSA) is 46.5 Å². The Balaban J connectivity index is 3.72. The summed E-state index contributed by atoms with van der Waals surface area (Å²) >= 11 is 5.34. The first kappa shape index (κ1) is 8.72. The first-order valence-electron chi connectivity index (χ1n) is 2.49. The van der Waals surface area contributed by atoms with Crippen molar-refractivity contribution in [3.63, 3.8) is 0 Å². The number of halogens is 1. The molecule has 3 nitrogen and oxygen atoms in total. The third-order valence-corrected chi connectivity index (χ3v) is 1.39. The van der Waals surface area contributed by atoms with Gasteiger partial charge in [0.25, 0.3) is 0 Å². The largest absolute Gasteiger partial charge is 0.468 e. The molecule has 0 amide bonds. The Labute approximate surface area is 58.6 Å². The maximum atomic E-state index is 10.4. The number of hydrogen-bond acceptors (Lipinski definition) is 3. The molecule has 0 fully saturated rings. The summed E-state index contributed by atoms with van der Waals surface area (Å²) in [5.74, 6) is -0.605. The molecule has 0 rings (SSSR count). The molecule has 4 heteroatoms. The van der Waals surface area contributed by atoms with Crippen molar-refractivity contribution in [2.24, 2.45) is 0 Å². The number of rotatable bonds is 2. The van der Waals surface area contributed by atoms with Gasteiger partial charge in [0.2, 0.25) is 0 Å². The third kappa shape index (κ3) is 2.67. The van der Waals surface area contributed by atoms with E-state index in [1.807, 2.05) is 0 Å². The standard InChI is InChI=1S/C5H9ClO3/c1-3(7)4(6)5(8)9-2/h3-4,7H,1-2H3/t3-,4+/m1/s1. The van der Waals surface area contributed by atoms with E-state index in [0.29, 0.717) is 0 Å². The van der Waals surface area contributed by atoms with Crippen LogP contribution in [-0.4, -0.2) is 29.7 Å². The summed E-state index contributed by atoms with van der Waals surface area (Å²) in [7, 11) is 1.22. The molecule has 9 heavy (non-hydrogen) atoms. The first-order chi connectivity index (χ1) is 4.09. The van der Waals surface area contributed by atoms with Gasteiger partial charge in [-0.1, -0.05) is 0 Å². The zero-order valence-electron chi connectivity index (χ0n) is 5.30. The van der Waals surface area contributed by atoms with Gasteiger partial charge in [-0.25, -0.2) is 0 Å². The fourth-order valence-corrected chi connectivity index (χ4v) is 0.399. The molecule has 0 aromatic carbocycles. The molecule has 54 valence electrons. The van der Waals surface area contributed by atoms with Crippen LogP contribution in [0.2, 0.25) is 0 Å². The molecule has 0 aliphatic rings. The summed E-state index contributed by atoms with van der Waals surface area (Å²) in [4.78, 5) is 10.4. The van der Waals surface area contributed by atoms with Crippen molar-refractivity contribution in [2.45, 2.75) is 18.4 Å². The highest BCUT2D eigenvalue weighted by molar-refractivity contribution is 6.30. The molecule has 0 aliphatic carbocycles. The smallest absolute Gasteiger partial charge is 0.326 e. The molecule has 0 bridgehead atoms. The summed E-state index contributed by atoms with van der Waals surface area (Å²) in [6, 6.07) is 0. The molecule has 1 N–H and O–H groups in total. The predicted octanol–water partition coefficient (Wildman–Crippen LogP) is 0.148. The number of alkyl halides is 1. The van der Waals surface area contributed by atoms with Gasteiger partial charge in [-0.15, -0.1) is 11.6 Å². The van der Waals surface area contributed by atoms with E-state index in [2.05, 4.69) is 4.74 Å². The Kier molecular flexibility index (Phi) is 3.58. The molecule has 0 radical (unpaired) electrons. The van der Waals surface area contributed by atoms with Crippen molar-refractivity contribution < 1.29 is 14.6 Å². The zero-order chi connectivity index (χ0) is 7.44. The van der Waals surface area contributed by atoms with Gasteiger partial charge in [0.05, 0.1) is 13.2 Å². The van der Waals surface area contributed by atoms with Crippen LogP contribution in [0.4, 0.5) is 0 Å². The van der Waals surface area contributed by atoms with E-state index in [0.717, 1.165) is 0 Å². The van der Waals surface area contributed by atoms with Crippen LogP contribution < -0.4 is 0 Å². The summed E-state index contributed by atoms with van der Waals surface area (Å²) in [6.07, 6.45) is -0.862. The molecule has 0 aromatic rings. The first-order valence-corrected chi connectivity index (χ1v) is 2.93. The molecule has 0 heterocycles. The van der Waals surface area contributed by atoms with Crippen LogP contribution in [0.3, 0.4) is 0 Å². The van der Waals surface area contributed by atoms with Gasteiger partial charge < -0.3 is 9.84 Å². The molecule has 0 aromatic heterocycles. The van der Waals surface area contributed by atoms with Crippen LogP contribution in [0.5, 0.6) is 0 Å². The van der Waals surface area contributed by atoms with Crippen molar-refractivity contribution in [1.82, 2.24) is 0 Å². The van der Waals surface area contributed by atoms with E-state index in [4.69, 9.17) is 16.7 Å². The quantitative estimate of drug-likeness (QED) is 0.453. The van der Waals surface area contributed by atoms with Gasteiger partial charge in [0.15, 0.2) is 5.38 Å². The molecule has 0 saturated heterocycles. The highest BCUT2D eigenvalue weighted by Gasteiger charge is 2.20. The van der Waals surface area contributed by atoms with E-state index in [-0.39, 0.29) is 0 Å². The van der Waals surface area contributed by atoms with E-state index in [1.165, 1.54) is 14.0 Å². The third-order valence-electron chi connectivity index (χ3n) is 0.850. The Morgan fingerprint density at radius 2 is 2.22 bits per heavy atom. The summed E-state index contributed by atoms with van der Waals surface area (Å²) in [5, 5.41) is 7.74. The Hall–Kier alpha value is -0.280. The summed E-state index contributed by atoms with van der Waals surface area (Å²) < 4.78 is 4.24. The van der Waals surface area contributed by atoms with Crippen molar-refractivity contribution in [2.75, 3.05) is 7.11 Å². The summed E-state index contributed by atoms with van der Waals surface area (Å²) in [6.45, 7) is 1.43. The fourth-order valence-electron chi connectivity index (χ4n) is 0.310. The zero-order valence-corrected chi connectivity index (χ0v) is 6.05.